The number of nitrogens with zero attached hydrogens (tertiary/aromatic N) is 3. The van der Waals surface area contributed by atoms with Crippen LogP contribution in [0.3, 0.4) is 0 Å². The molecule has 3 unspecified atom stereocenters. The number of fused-ring (bicyclic) bond motifs is 1. The predicted octanol–water partition coefficient (Wildman–Crippen LogP) is 2.49. The molecule has 2 heterocycles. The number of benzene rings is 1. The van der Waals surface area contributed by atoms with E-state index in [4.69, 9.17) is 4.74 Å². The standard InChI is InChI=1S/C22H27N3O10P2/c1-11-9-23(6-7-24(11)21(29)35-22(36(30)31)37(32,33)34)16-8-17-18(13(3)12(16)2)19(26)15(20(27)28)10-25(17)14-4-5-14/h8,10-11,14,22H,4-7,9H2,1-3H3,(H3-,27,28,30,31,32,33,34)/p+1. The first-order chi connectivity index (χ1) is 17.2. The molecule has 0 spiro atoms. The van der Waals surface area contributed by atoms with Gasteiger partial charge in [0.1, 0.15) is 5.56 Å². The Morgan fingerprint density at radius 3 is 2.35 bits per heavy atom. The summed E-state index contributed by atoms with van der Waals surface area (Å²) in [4.78, 5) is 68.2. The smallest absolute Gasteiger partial charge is 0.477 e. The second-order valence-electron chi connectivity index (χ2n) is 9.45. The van der Waals surface area contributed by atoms with Crippen LogP contribution >= 0.6 is 15.6 Å². The molecule has 2 aliphatic rings. The van der Waals surface area contributed by atoms with Gasteiger partial charge in [-0.25, -0.2) is 9.59 Å². The number of hydrogen-bond acceptors (Lipinski definition) is 7. The number of carboxylic acids is 1. The highest BCUT2D eigenvalue weighted by molar-refractivity contribution is 7.65. The van der Waals surface area contributed by atoms with Gasteiger partial charge in [0.2, 0.25) is 5.43 Å². The van der Waals surface area contributed by atoms with Gasteiger partial charge < -0.3 is 34.0 Å². The van der Waals surface area contributed by atoms with Gasteiger partial charge in [0.05, 0.1) is 5.52 Å². The third-order valence-electron chi connectivity index (χ3n) is 6.93. The van der Waals surface area contributed by atoms with Crippen LogP contribution in [0.15, 0.2) is 17.1 Å². The first-order valence-corrected chi connectivity index (χ1v) is 14.5. The van der Waals surface area contributed by atoms with Crippen LogP contribution in [-0.4, -0.2) is 72.6 Å². The summed E-state index contributed by atoms with van der Waals surface area (Å²) in [6.45, 7) is 6.07. The number of piperazine rings is 1. The lowest BCUT2D eigenvalue weighted by molar-refractivity contribution is 0.0694. The zero-order valence-electron chi connectivity index (χ0n) is 20.4. The fraction of sp³-hybridized carbons (Fsp3) is 0.500. The number of anilines is 1. The zero-order valence-corrected chi connectivity index (χ0v) is 22.2. The first-order valence-electron chi connectivity index (χ1n) is 11.6. The highest BCUT2D eigenvalue weighted by Gasteiger charge is 2.50. The highest BCUT2D eigenvalue weighted by atomic mass is 31.2. The predicted molar refractivity (Wildman–Crippen MR) is 133 cm³/mol. The Hall–Kier alpha value is -2.82. The highest BCUT2D eigenvalue weighted by Crippen LogP contribution is 2.52. The maximum absolute atomic E-state index is 13.0. The molecule has 200 valence electrons. The SMILES string of the molecule is Cc1c(N2CCN(C(=O)OC([P+](=O)O)P(=O)(O)O)C(C)C2)cc2c(c1C)c(=O)c(C(=O)O)cn2C1CC1. The van der Waals surface area contributed by atoms with Gasteiger partial charge in [0.25, 0.3) is 0 Å². The maximum atomic E-state index is 13.0. The fourth-order valence-electron chi connectivity index (χ4n) is 4.76. The molecule has 1 saturated carbocycles. The Kier molecular flexibility index (Phi) is 7.22. The molecule has 1 aromatic heterocycles. The quantitative estimate of drug-likeness (QED) is 0.383. The minimum atomic E-state index is -5.15. The molecule has 0 radical (unpaired) electrons. The van der Waals surface area contributed by atoms with Crippen molar-refractivity contribution in [1.29, 1.82) is 0 Å². The molecule has 2 aromatic rings. The van der Waals surface area contributed by atoms with Gasteiger partial charge >= 0.3 is 33.3 Å². The summed E-state index contributed by atoms with van der Waals surface area (Å²) in [5, 5.41) is 9.93. The third-order valence-corrected chi connectivity index (χ3v) is 9.59. The monoisotopic (exact) mass is 556 g/mol. The summed E-state index contributed by atoms with van der Waals surface area (Å²) in [5.41, 5.74) is -0.338. The van der Waals surface area contributed by atoms with Crippen LogP contribution in [0.5, 0.6) is 0 Å². The Morgan fingerprint density at radius 1 is 1.19 bits per heavy atom. The van der Waals surface area contributed by atoms with Crippen LogP contribution in [0.1, 0.15) is 47.3 Å². The van der Waals surface area contributed by atoms with Crippen molar-refractivity contribution in [3.63, 3.8) is 0 Å². The molecule has 1 amide bonds. The van der Waals surface area contributed by atoms with Crippen molar-refractivity contribution in [2.75, 3.05) is 24.5 Å². The van der Waals surface area contributed by atoms with Crippen molar-refractivity contribution in [3.05, 3.63) is 39.2 Å². The topological polar surface area (TPSA) is 187 Å². The van der Waals surface area contributed by atoms with Crippen LogP contribution in [0.25, 0.3) is 10.9 Å². The van der Waals surface area contributed by atoms with Gasteiger partial charge in [0.15, 0.2) is 0 Å². The van der Waals surface area contributed by atoms with Gasteiger partial charge in [-0.3, -0.25) is 9.36 Å². The van der Waals surface area contributed by atoms with Crippen molar-refractivity contribution in [2.24, 2.45) is 0 Å². The van der Waals surface area contributed by atoms with Crippen molar-refractivity contribution >= 4 is 44.3 Å². The molecule has 15 heteroatoms. The van der Waals surface area contributed by atoms with Gasteiger partial charge in [-0.2, -0.15) is 4.89 Å². The molecule has 37 heavy (non-hydrogen) atoms. The van der Waals surface area contributed by atoms with E-state index in [1.807, 2.05) is 22.5 Å². The molecule has 1 aromatic carbocycles. The van der Waals surface area contributed by atoms with E-state index >= 15 is 0 Å². The number of aromatic nitrogens is 1. The van der Waals surface area contributed by atoms with Crippen LogP contribution < -0.4 is 10.3 Å². The van der Waals surface area contributed by atoms with E-state index in [1.165, 1.54) is 11.1 Å². The van der Waals surface area contributed by atoms with Crippen molar-refractivity contribution in [1.82, 2.24) is 9.47 Å². The maximum Gasteiger partial charge on any atom is 0.564 e. The fourth-order valence-corrected chi connectivity index (χ4v) is 6.19. The minimum absolute atomic E-state index is 0.111. The lowest BCUT2D eigenvalue weighted by Gasteiger charge is -2.41. The summed E-state index contributed by atoms with van der Waals surface area (Å²) < 4.78 is 29.3. The molecule has 4 N–H and O–H groups in total. The van der Waals surface area contributed by atoms with E-state index in [1.54, 1.807) is 13.8 Å². The molecular formula is C22H28N3O10P2+. The normalized spacial score (nSPS) is 19.6. The van der Waals surface area contributed by atoms with E-state index in [0.29, 0.717) is 29.6 Å². The molecule has 1 aliphatic heterocycles. The summed E-state index contributed by atoms with van der Waals surface area (Å²) >= 11 is 0. The van der Waals surface area contributed by atoms with Crippen molar-refractivity contribution in [2.45, 2.75) is 51.3 Å². The second kappa shape index (κ2) is 9.81. The van der Waals surface area contributed by atoms with Crippen LogP contribution in [0.2, 0.25) is 0 Å². The van der Waals surface area contributed by atoms with Crippen LogP contribution in [0.4, 0.5) is 10.5 Å². The average molecular weight is 556 g/mol. The summed E-state index contributed by atoms with van der Waals surface area (Å²) in [6.07, 6.45) is 2.06. The number of aromatic carboxylic acids is 1. The Bertz CT molecular complexity index is 1410. The Balaban J connectivity index is 1.65. The van der Waals surface area contributed by atoms with Gasteiger partial charge in [-0.1, -0.05) is 0 Å². The number of amides is 1. The van der Waals surface area contributed by atoms with Crippen LogP contribution in [0, 0.1) is 13.8 Å². The molecule has 1 aliphatic carbocycles. The second-order valence-corrected chi connectivity index (χ2v) is 12.6. The molecule has 3 atom stereocenters. The number of aryl methyl sites for hydroxylation is 1. The van der Waals surface area contributed by atoms with Gasteiger partial charge in [0, 0.05) is 49.0 Å². The Morgan fingerprint density at radius 2 is 1.84 bits per heavy atom. The van der Waals surface area contributed by atoms with Crippen molar-refractivity contribution in [3.8, 4) is 0 Å². The van der Waals surface area contributed by atoms with Crippen LogP contribution in [-0.2, 0) is 13.9 Å². The first kappa shape index (κ1) is 27.2. The van der Waals surface area contributed by atoms with E-state index in [-0.39, 0.29) is 18.2 Å². The summed E-state index contributed by atoms with van der Waals surface area (Å²) in [7, 11) is -8.61. The number of ether oxygens (including phenoxy) is 1. The molecule has 13 nitrogen and oxygen atoms in total. The molecule has 4 rings (SSSR count). The lowest BCUT2D eigenvalue weighted by Crippen LogP contribution is -2.54. The number of rotatable bonds is 6. The van der Waals surface area contributed by atoms with Crippen molar-refractivity contribution < 1.29 is 43.2 Å². The van der Waals surface area contributed by atoms with Gasteiger partial charge in [-0.15, -0.1) is 0 Å². The zero-order chi connectivity index (χ0) is 27.4. The molecule has 2 fully saturated rings. The molecule has 0 bridgehead atoms. The number of carboxylic acid groups (broad SMARTS) is 1. The summed E-state index contributed by atoms with van der Waals surface area (Å²) in [6, 6.07) is 1.50. The van der Waals surface area contributed by atoms with Gasteiger partial charge in [-0.05, 0) is 55.4 Å². The minimum Gasteiger partial charge on any atom is -0.477 e. The van der Waals surface area contributed by atoms with E-state index in [2.05, 4.69) is 0 Å². The van der Waals surface area contributed by atoms with E-state index < -0.39 is 44.7 Å². The number of pyridine rings is 1. The summed E-state index contributed by atoms with van der Waals surface area (Å²) in [5.74, 6) is -1.27. The van der Waals surface area contributed by atoms with E-state index in [9.17, 15) is 43.3 Å². The molecular weight excluding hydrogens is 528 g/mol. The molecule has 1 saturated heterocycles. The number of hydrogen-bond donors (Lipinski definition) is 4. The number of carbonyl (C=O) groups is 2. The largest absolute Gasteiger partial charge is 0.564 e. The Labute approximate surface area is 212 Å². The third kappa shape index (κ3) is 5.15. The lowest BCUT2D eigenvalue weighted by atomic mass is 9.98. The van der Waals surface area contributed by atoms with E-state index in [0.717, 1.165) is 24.1 Å². The average Bonchev–Trinajstić information content (AvgIpc) is 3.63. The number of carbonyl (C=O) groups excluding carboxylic acids is 1.